The van der Waals surface area contributed by atoms with E-state index in [-0.39, 0.29) is 30.2 Å². The van der Waals surface area contributed by atoms with Crippen molar-refractivity contribution in [3.8, 4) is 0 Å². The van der Waals surface area contributed by atoms with Crippen LogP contribution in [0, 0.1) is 11.8 Å². The van der Waals surface area contributed by atoms with Gasteiger partial charge in [0.2, 0.25) is 17.7 Å². The highest BCUT2D eigenvalue weighted by molar-refractivity contribution is 6.07. The van der Waals surface area contributed by atoms with Crippen LogP contribution in [0.2, 0.25) is 0 Å². The summed E-state index contributed by atoms with van der Waals surface area (Å²) in [5.74, 6) is -2.53. The Labute approximate surface area is 128 Å². The van der Waals surface area contributed by atoms with Gasteiger partial charge in [-0.3, -0.25) is 19.3 Å². The quantitative estimate of drug-likeness (QED) is 0.753. The van der Waals surface area contributed by atoms with Gasteiger partial charge in [0, 0.05) is 6.54 Å². The molecule has 2 unspecified atom stereocenters. The normalized spacial score (nSPS) is 31.5. The van der Waals surface area contributed by atoms with E-state index in [2.05, 4.69) is 0 Å². The van der Waals surface area contributed by atoms with E-state index in [4.69, 9.17) is 5.11 Å². The first-order chi connectivity index (χ1) is 10.5. The van der Waals surface area contributed by atoms with Gasteiger partial charge in [-0.1, -0.05) is 12.8 Å². The van der Waals surface area contributed by atoms with Gasteiger partial charge in [-0.15, -0.1) is 0 Å². The average Bonchev–Trinajstić information content (AvgIpc) is 3.08. The summed E-state index contributed by atoms with van der Waals surface area (Å²) in [6.07, 6.45) is 4.36. The first-order valence-electron chi connectivity index (χ1n) is 7.88. The highest BCUT2D eigenvalue weighted by Crippen LogP contribution is 2.38. The molecule has 22 heavy (non-hydrogen) atoms. The summed E-state index contributed by atoms with van der Waals surface area (Å²) < 4.78 is 0. The maximum absolute atomic E-state index is 12.3. The molecule has 0 radical (unpaired) electrons. The third kappa shape index (κ3) is 2.38. The van der Waals surface area contributed by atoms with Gasteiger partial charge in [0.1, 0.15) is 12.6 Å². The molecule has 2 aliphatic heterocycles. The van der Waals surface area contributed by atoms with E-state index in [1.807, 2.05) is 0 Å². The minimum Gasteiger partial charge on any atom is -0.480 e. The molecular weight excluding hydrogens is 288 g/mol. The Morgan fingerprint density at radius 3 is 2.14 bits per heavy atom. The highest BCUT2D eigenvalue weighted by Gasteiger charge is 2.49. The molecule has 3 atom stereocenters. The number of carbonyl (C=O) groups excluding carboxylic acids is 3. The lowest BCUT2D eigenvalue weighted by Gasteiger charge is -2.24. The van der Waals surface area contributed by atoms with Crippen molar-refractivity contribution >= 4 is 23.7 Å². The van der Waals surface area contributed by atoms with Crippen molar-refractivity contribution in [3.63, 3.8) is 0 Å². The predicted molar refractivity (Wildman–Crippen MR) is 74.5 cm³/mol. The van der Waals surface area contributed by atoms with Crippen molar-refractivity contribution in [2.75, 3.05) is 13.1 Å². The zero-order chi connectivity index (χ0) is 15.9. The van der Waals surface area contributed by atoms with E-state index < -0.39 is 17.9 Å². The summed E-state index contributed by atoms with van der Waals surface area (Å²) in [6, 6.07) is -0.831. The monoisotopic (exact) mass is 308 g/mol. The van der Waals surface area contributed by atoms with Crippen LogP contribution in [0.1, 0.15) is 38.5 Å². The number of carboxylic acids is 1. The lowest BCUT2D eigenvalue weighted by molar-refractivity contribution is -0.151. The van der Waals surface area contributed by atoms with Crippen LogP contribution in [0.15, 0.2) is 0 Å². The van der Waals surface area contributed by atoms with Gasteiger partial charge in [-0.25, -0.2) is 4.79 Å². The Morgan fingerprint density at radius 2 is 1.59 bits per heavy atom. The second-order valence-corrected chi connectivity index (χ2v) is 6.34. The number of carbonyl (C=O) groups is 4. The maximum Gasteiger partial charge on any atom is 0.326 e. The first-order valence-corrected chi connectivity index (χ1v) is 7.88. The van der Waals surface area contributed by atoms with Gasteiger partial charge in [-0.05, 0) is 25.7 Å². The van der Waals surface area contributed by atoms with E-state index in [1.54, 1.807) is 0 Å². The molecule has 0 aromatic carbocycles. The lowest BCUT2D eigenvalue weighted by atomic mass is 9.81. The summed E-state index contributed by atoms with van der Waals surface area (Å²) in [5.41, 5.74) is 0. The number of hydrogen-bond acceptors (Lipinski definition) is 4. The first kappa shape index (κ1) is 15.0. The van der Waals surface area contributed by atoms with Gasteiger partial charge in [0.25, 0.3) is 0 Å². The van der Waals surface area contributed by atoms with Crippen LogP contribution in [0.4, 0.5) is 0 Å². The SMILES string of the molecule is O=C(O)[C@@H]1CCCN1C(=O)CN1C(=O)C2CCCCC2C1=O. The Morgan fingerprint density at radius 1 is 1.00 bits per heavy atom. The van der Waals surface area contributed by atoms with Crippen molar-refractivity contribution in [2.24, 2.45) is 11.8 Å². The standard InChI is InChI=1S/C15H20N2O5/c18-12(16-7-3-6-11(16)15(21)22)8-17-13(19)9-4-1-2-5-10(9)14(17)20/h9-11H,1-8H2,(H,21,22)/t9?,10?,11-/m0/s1. The number of imide groups is 1. The molecule has 0 bridgehead atoms. The third-order valence-corrected chi connectivity index (χ3v) is 5.08. The van der Waals surface area contributed by atoms with Crippen LogP contribution in [0.5, 0.6) is 0 Å². The fourth-order valence-corrected chi connectivity index (χ4v) is 3.93. The van der Waals surface area contributed by atoms with Gasteiger partial charge < -0.3 is 10.0 Å². The summed E-state index contributed by atoms with van der Waals surface area (Å²) in [7, 11) is 0. The Balaban J connectivity index is 1.70. The second-order valence-electron chi connectivity index (χ2n) is 6.34. The van der Waals surface area contributed by atoms with E-state index in [0.29, 0.717) is 32.2 Å². The van der Waals surface area contributed by atoms with E-state index >= 15 is 0 Å². The molecule has 3 rings (SSSR count). The topological polar surface area (TPSA) is 95.0 Å². The smallest absolute Gasteiger partial charge is 0.326 e. The zero-order valence-electron chi connectivity index (χ0n) is 12.4. The number of likely N-dealkylation sites (tertiary alicyclic amines) is 2. The fourth-order valence-electron chi connectivity index (χ4n) is 3.93. The van der Waals surface area contributed by atoms with Crippen LogP contribution < -0.4 is 0 Å². The number of nitrogens with zero attached hydrogens (tertiary/aromatic N) is 2. The highest BCUT2D eigenvalue weighted by atomic mass is 16.4. The van der Waals surface area contributed by atoms with E-state index in [0.717, 1.165) is 17.7 Å². The minimum atomic E-state index is -1.03. The van der Waals surface area contributed by atoms with Gasteiger partial charge in [0.05, 0.1) is 11.8 Å². The van der Waals surface area contributed by atoms with E-state index in [9.17, 15) is 19.2 Å². The van der Waals surface area contributed by atoms with E-state index in [1.165, 1.54) is 4.90 Å². The average molecular weight is 308 g/mol. The Hall–Kier alpha value is -1.92. The molecular formula is C15H20N2O5. The van der Waals surface area contributed by atoms with Crippen molar-refractivity contribution in [1.82, 2.24) is 9.80 Å². The molecule has 7 nitrogen and oxygen atoms in total. The number of aliphatic carboxylic acids is 1. The molecule has 3 aliphatic rings. The van der Waals surface area contributed by atoms with Crippen molar-refractivity contribution in [3.05, 3.63) is 0 Å². The molecule has 1 aliphatic carbocycles. The third-order valence-electron chi connectivity index (χ3n) is 5.08. The van der Waals surface area contributed by atoms with Gasteiger partial charge >= 0.3 is 5.97 Å². The van der Waals surface area contributed by atoms with Crippen LogP contribution in [-0.4, -0.2) is 57.7 Å². The molecule has 3 fully saturated rings. The largest absolute Gasteiger partial charge is 0.480 e. The fraction of sp³-hybridized carbons (Fsp3) is 0.733. The summed E-state index contributed by atoms with van der Waals surface area (Å²) in [6.45, 7) is 0.0628. The van der Waals surface area contributed by atoms with Crippen molar-refractivity contribution in [2.45, 2.75) is 44.6 Å². The molecule has 1 saturated carbocycles. The summed E-state index contributed by atoms with van der Waals surface area (Å²) >= 11 is 0. The predicted octanol–water partition coefficient (Wildman–Crippen LogP) is 0.237. The second kappa shape index (κ2) is 5.70. The molecule has 0 aromatic rings. The van der Waals surface area contributed by atoms with Crippen molar-refractivity contribution in [1.29, 1.82) is 0 Å². The summed E-state index contributed by atoms with van der Waals surface area (Å²) in [5, 5.41) is 9.12. The molecule has 2 heterocycles. The maximum atomic E-state index is 12.3. The summed E-state index contributed by atoms with van der Waals surface area (Å²) in [4.78, 5) is 50.5. The number of fused-ring (bicyclic) bond motifs is 1. The molecule has 0 spiro atoms. The van der Waals surface area contributed by atoms with Crippen LogP contribution in [0.3, 0.4) is 0 Å². The number of rotatable bonds is 3. The minimum absolute atomic E-state index is 0.255. The van der Waals surface area contributed by atoms with Crippen LogP contribution >= 0.6 is 0 Å². The van der Waals surface area contributed by atoms with Gasteiger partial charge in [0.15, 0.2) is 0 Å². The van der Waals surface area contributed by atoms with Gasteiger partial charge in [-0.2, -0.15) is 0 Å². The molecule has 7 heteroatoms. The van der Waals surface area contributed by atoms with Crippen molar-refractivity contribution < 1.29 is 24.3 Å². The van der Waals surface area contributed by atoms with Crippen LogP contribution in [0.25, 0.3) is 0 Å². The number of hydrogen-bond donors (Lipinski definition) is 1. The molecule has 0 aromatic heterocycles. The Bertz CT molecular complexity index is 508. The number of amides is 3. The zero-order valence-corrected chi connectivity index (χ0v) is 12.4. The molecule has 2 saturated heterocycles. The van der Waals surface area contributed by atoms with Crippen LogP contribution in [-0.2, 0) is 19.2 Å². The number of carboxylic acid groups (broad SMARTS) is 1. The molecule has 3 amide bonds. The molecule has 1 N–H and O–H groups in total. The lowest BCUT2D eigenvalue weighted by Crippen LogP contribution is -2.47. The molecule has 120 valence electrons. The Kier molecular flexibility index (Phi) is 3.88.